The summed E-state index contributed by atoms with van der Waals surface area (Å²) in [6.45, 7) is 6.54. The molecule has 0 aromatic rings. The van der Waals surface area contributed by atoms with Gasteiger partial charge in [-0.1, -0.05) is 257 Å². The van der Waals surface area contributed by atoms with Gasteiger partial charge in [0.15, 0.2) is 0 Å². The van der Waals surface area contributed by atoms with Crippen LogP contribution in [0, 0.1) is 0 Å². The number of carbonyl (C=O) groups is 2. The Hall–Kier alpha value is -4.11. The summed E-state index contributed by atoms with van der Waals surface area (Å²) in [4.78, 5) is 40.0. The van der Waals surface area contributed by atoms with Gasteiger partial charge in [-0.25, -0.2) is 0 Å². The van der Waals surface area contributed by atoms with Gasteiger partial charge in [-0.3, -0.25) is 14.2 Å². The Morgan fingerprint density at radius 2 is 0.793 bits per heavy atom. The number of ether oxygens (including phenoxy) is 1. The number of allylic oxidation sites excluding steroid dienone is 23. The molecule has 0 aliphatic carbocycles. The molecule has 0 spiro atoms. The molecule has 0 aromatic carbocycles. The van der Waals surface area contributed by atoms with Gasteiger partial charge in [0, 0.05) is 12.8 Å². The maximum atomic E-state index is 13.5. The second-order valence-corrected chi connectivity index (χ2v) is 23.9. The zero-order valence-corrected chi connectivity index (χ0v) is 54.0. The van der Waals surface area contributed by atoms with Crippen molar-refractivity contribution < 1.29 is 37.3 Å². The molecule has 0 aliphatic heterocycles. The number of hydrogen-bond acceptors (Lipinski definition) is 7. The molecule has 82 heavy (non-hydrogen) atoms. The number of phosphoric acid groups is 1. The Balaban J connectivity index is 5.23. The van der Waals surface area contributed by atoms with Gasteiger partial charge in [0.05, 0.1) is 33.8 Å². The maximum absolute atomic E-state index is 13.5. The lowest BCUT2D eigenvalue weighted by Crippen LogP contribution is -2.47. The minimum absolute atomic E-state index is 0.0423. The molecule has 0 bridgehead atoms. The standard InChI is InChI=1S/C72H121N2O7P/c1-7-10-13-16-19-22-25-28-30-32-33-34-35-36-37-38-39-40-41-43-45-47-50-53-56-59-62-65-72(76)81-70(63-60-57-54-51-48-27-24-21-18-15-12-9-3)69(68-80-82(77,78)79-67-66-74(4,5)6)73-71(75)64-61-58-55-52-49-46-44-42-31-29-26-23-20-17-14-11-8-2/h10-11,13-14,19-20,22-23,28-31,33-34,36-37,39-40,44,46,52,55,60,63,69-70H,7-9,12,15-18,21,24-27,32,35,38,41-43,45,47-51,53-54,56-59,61-62,64-68H2,1-6H3,(H-,73,75,77,78)/b13-10-,14-11-,22-19-,23-20-,30-28-,31-29-,34-33-,37-36-,40-39-,46-44-,55-52-,63-60-. The van der Waals surface area contributed by atoms with Crippen molar-refractivity contribution in [1.82, 2.24) is 5.32 Å². The number of nitrogens with zero attached hydrogens (tertiary/aromatic N) is 1. The first-order valence-electron chi connectivity index (χ1n) is 32.6. The summed E-state index contributed by atoms with van der Waals surface area (Å²) in [5, 5.41) is 2.99. The average Bonchev–Trinajstić information content (AvgIpc) is 3.44. The highest BCUT2D eigenvalue weighted by Crippen LogP contribution is 2.38. The molecule has 0 rings (SSSR count). The van der Waals surface area contributed by atoms with Gasteiger partial charge in [-0.2, -0.15) is 0 Å². The van der Waals surface area contributed by atoms with Crippen molar-refractivity contribution in [3.63, 3.8) is 0 Å². The first-order valence-corrected chi connectivity index (χ1v) is 34.1. The van der Waals surface area contributed by atoms with E-state index in [0.717, 1.165) is 122 Å². The van der Waals surface area contributed by atoms with Crippen LogP contribution in [0.15, 0.2) is 146 Å². The molecule has 0 saturated heterocycles. The number of likely N-dealkylation sites (N-methyl/N-ethyl adjacent to an activating group) is 1. The van der Waals surface area contributed by atoms with E-state index < -0.39 is 26.6 Å². The number of carbonyl (C=O) groups excluding carboxylic acids is 2. The Morgan fingerprint density at radius 1 is 0.439 bits per heavy atom. The van der Waals surface area contributed by atoms with Crippen molar-refractivity contribution in [2.75, 3.05) is 40.9 Å². The maximum Gasteiger partial charge on any atom is 0.306 e. The van der Waals surface area contributed by atoms with E-state index >= 15 is 0 Å². The fraction of sp³-hybridized carbons (Fsp3) is 0.639. The number of nitrogens with one attached hydrogen (secondary N) is 1. The summed E-state index contributed by atoms with van der Waals surface area (Å²) in [5.74, 6) is -0.629. The average molecular weight is 1160 g/mol. The second kappa shape index (κ2) is 60.0. The van der Waals surface area contributed by atoms with Crippen LogP contribution in [-0.2, 0) is 27.9 Å². The molecule has 466 valence electrons. The topological polar surface area (TPSA) is 114 Å². The summed E-state index contributed by atoms with van der Waals surface area (Å²) >= 11 is 0. The predicted octanol–water partition coefficient (Wildman–Crippen LogP) is 20.0. The van der Waals surface area contributed by atoms with E-state index in [4.69, 9.17) is 13.8 Å². The van der Waals surface area contributed by atoms with Crippen molar-refractivity contribution in [1.29, 1.82) is 0 Å². The summed E-state index contributed by atoms with van der Waals surface area (Å²) < 4.78 is 30.3. The highest BCUT2D eigenvalue weighted by molar-refractivity contribution is 7.45. The number of esters is 1. The zero-order chi connectivity index (χ0) is 60.0. The van der Waals surface area contributed by atoms with Crippen LogP contribution < -0.4 is 10.2 Å². The third-order valence-electron chi connectivity index (χ3n) is 13.5. The van der Waals surface area contributed by atoms with Crippen LogP contribution in [0.1, 0.15) is 245 Å². The van der Waals surface area contributed by atoms with Crippen molar-refractivity contribution in [3.05, 3.63) is 146 Å². The van der Waals surface area contributed by atoms with Gasteiger partial charge in [0.2, 0.25) is 5.91 Å². The fourth-order valence-corrected chi connectivity index (χ4v) is 9.28. The first-order chi connectivity index (χ1) is 39.9. The summed E-state index contributed by atoms with van der Waals surface area (Å²) in [6, 6.07) is -0.933. The van der Waals surface area contributed by atoms with Crippen LogP contribution in [-0.4, -0.2) is 69.4 Å². The van der Waals surface area contributed by atoms with Crippen LogP contribution in [0.5, 0.6) is 0 Å². The predicted molar refractivity (Wildman–Crippen MR) is 353 cm³/mol. The molecular weight excluding hydrogens is 1040 g/mol. The minimum atomic E-state index is -4.73. The van der Waals surface area contributed by atoms with E-state index in [1.165, 1.54) is 77.0 Å². The lowest BCUT2D eigenvalue weighted by atomic mass is 10.0. The van der Waals surface area contributed by atoms with Gasteiger partial charge in [0.25, 0.3) is 7.82 Å². The van der Waals surface area contributed by atoms with E-state index in [9.17, 15) is 19.0 Å². The number of unbranched alkanes of at least 4 members (excludes halogenated alkanes) is 19. The van der Waals surface area contributed by atoms with Crippen LogP contribution in [0.3, 0.4) is 0 Å². The third-order valence-corrected chi connectivity index (χ3v) is 14.5. The number of quaternary nitrogens is 1. The van der Waals surface area contributed by atoms with Crippen LogP contribution >= 0.6 is 7.82 Å². The van der Waals surface area contributed by atoms with Gasteiger partial charge in [-0.05, 0) is 122 Å². The SMILES string of the molecule is CC/C=C\C/C=C\C/C=C\C/C=C\C/C=C\C/C=C\CCCCCCCCCCC(=O)OC(/C=C\CCCCCCCCCCCC)C(COP(=O)([O-])OCC[N+](C)(C)C)NC(=O)CCC/C=C\C/C=C\C/C=C\C/C=C\C/C=C\CC. The van der Waals surface area contributed by atoms with Gasteiger partial charge >= 0.3 is 5.97 Å². The number of rotatable bonds is 57. The van der Waals surface area contributed by atoms with Crippen molar-refractivity contribution in [2.45, 2.75) is 258 Å². The smallest absolute Gasteiger partial charge is 0.306 e. The molecule has 10 heteroatoms. The number of hydrogen-bond donors (Lipinski definition) is 1. The normalized spacial score (nSPS) is 14.6. The number of amides is 1. The number of phosphoric ester groups is 1. The summed E-state index contributed by atoms with van der Waals surface area (Å²) in [6.07, 6.45) is 86.9. The van der Waals surface area contributed by atoms with Crippen molar-refractivity contribution in [3.8, 4) is 0 Å². The lowest BCUT2D eigenvalue weighted by molar-refractivity contribution is -0.870. The van der Waals surface area contributed by atoms with Crippen LogP contribution in [0.25, 0.3) is 0 Å². The summed E-state index contributed by atoms with van der Waals surface area (Å²) in [5.41, 5.74) is 0. The van der Waals surface area contributed by atoms with Crippen molar-refractivity contribution >= 4 is 19.7 Å². The largest absolute Gasteiger partial charge is 0.756 e. The monoisotopic (exact) mass is 1160 g/mol. The highest BCUT2D eigenvalue weighted by atomic mass is 31.2. The van der Waals surface area contributed by atoms with Gasteiger partial charge in [0.1, 0.15) is 19.3 Å². The lowest BCUT2D eigenvalue weighted by Gasteiger charge is -2.30. The molecule has 0 aliphatic rings. The highest BCUT2D eigenvalue weighted by Gasteiger charge is 2.27. The second-order valence-electron chi connectivity index (χ2n) is 22.5. The Labute approximate surface area is 504 Å². The molecule has 0 radical (unpaired) electrons. The molecule has 1 N–H and O–H groups in total. The van der Waals surface area contributed by atoms with Crippen LogP contribution in [0.4, 0.5) is 0 Å². The molecule has 0 heterocycles. The Bertz CT molecular complexity index is 1910. The quantitative estimate of drug-likeness (QED) is 0.0212. The van der Waals surface area contributed by atoms with E-state index in [1.54, 1.807) is 0 Å². The minimum Gasteiger partial charge on any atom is -0.756 e. The Kier molecular flexibility index (Phi) is 57.0. The van der Waals surface area contributed by atoms with E-state index in [-0.39, 0.29) is 31.3 Å². The third kappa shape index (κ3) is 60.5. The molecule has 0 aromatic heterocycles. The van der Waals surface area contributed by atoms with E-state index in [0.29, 0.717) is 23.9 Å². The van der Waals surface area contributed by atoms with Gasteiger partial charge in [-0.15, -0.1) is 0 Å². The molecule has 3 atom stereocenters. The van der Waals surface area contributed by atoms with E-state index in [2.05, 4.69) is 160 Å². The Morgan fingerprint density at radius 3 is 1.20 bits per heavy atom. The molecule has 9 nitrogen and oxygen atoms in total. The first kappa shape index (κ1) is 77.9. The van der Waals surface area contributed by atoms with E-state index in [1.807, 2.05) is 33.3 Å². The molecular formula is C72H121N2O7P. The molecule has 1 amide bonds. The fourth-order valence-electron chi connectivity index (χ4n) is 8.56. The van der Waals surface area contributed by atoms with Crippen LogP contribution in [0.2, 0.25) is 0 Å². The zero-order valence-electron chi connectivity index (χ0n) is 53.1. The molecule has 0 saturated carbocycles. The summed E-state index contributed by atoms with van der Waals surface area (Å²) in [7, 11) is 1.12. The van der Waals surface area contributed by atoms with Crippen molar-refractivity contribution in [2.24, 2.45) is 0 Å². The molecule has 0 fully saturated rings. The molecule has 3 unspecified atom stereocenters. The van der Waals surface area contributed by atoms with Gasteiger partial charge < -0.3 is 28.5 Å².